The normalized spacial score (nSPS) is 20.3. The molecule has 2 atom stereocenters. The molecule has 2 unspecified atom stereocenters. The number of carboxylic acid groups (broad SMARTS) is 2. The Morgan fingerprint density at radius 3 is 2.18 bits per heavy atom. The molecule has 0 saturated carbocycles. The Balaban J connectivity index is 2.29. The first-order valence-electron chi connectivity index (χ1n) is 7.57. The van der Waals surface area contributed by atoms with Crippen molar-refractivity contribution in [2.75, 3.05) is 0 Å². The van der Waals surface area contributed by atoms with Crippen molar-refractivity contribution >= 4 is 23.5 Å². The van der Waals surface area contributed by atoms with Crippen LogP contribution < -0.4 is 0 Å². The fourth-order valence-corrected chi connectivity index (χ4v) is 2.67. The molecule has 122 valence electrons. The molecule has 1 aliphatic carbocycles. The highest BCUT2D eigenvalue weighted by molar-refractivity contribution is 5.95. The maximum Gasteiger partial charge on any atom is 0.303 e. The predicted octanol–water partition coefficient (Wildman–Crippen LogP) is 2.22. The molecule has 6 heteroatoms. The molecule has 2 N–H and O–H groups in total. The molecule has 0 aromatic carbocycles. The molecule has 0 bridgehead atoms. The van der Waals surface area contributed by atoms with Crippen LogP contribution in [0.1, 0.15) is 51.4 Å². The maximum absolute atomic E-state index is 11.8. The molecule has 0 heterocycles. The van der Waals surface area contributed by atoms with E-state index in [1.54, 1.807) is 6.08 Å². The summed E-state index contributed by atoms with van der Waals surface area (Å²) in [6.45, 7) is 0. The van der Waals surface area contributed by atoms with Gasteiger partial charge in [-0.3, -0.25) is 19.2 Å². The molecule has 1 aliphatic rings. The summed E-state index contributed by atoms with van der Waals surface area (Å²) in [5.41, 5.74) is 0. The number of ketones is 2. The number of rotatable bonds is 11. The van der Waals surface area contributed by atoms with E-state index in [-0.39, 0.29) is 42.7 Å². The van der Waals surface area contributed by atoms with Gasteiger partial charge in [-0.25, -0.2) is 0 Å². The van der Waals surface area contributed by atoms with E-state index in [0.29, 0.717) is 32.1 Å². The van der Waals surface area contributed by atoms with Crippen molar-refractivity contribution in [3.05, 3.63) is 12.2 Å². The van der Waals surface area contributed by atoms with Crippen LogP contribution in [0.5, 0.6) is 0 Å². The molecule has 6 nitrogen and oxygen atoms in total. The topological polar surface area (TPSA) is 109 Å². The number of hydrogen-bond acceptors (Lipinski definition) is 4. The Kier molecular flexibility index (Phi) is 7.49. The highest BCUT2D eigenvalue weighted by Gasteiger charge is 2.30. The van der Waals surface area contributed by atoms with E-state index in [0.717, 1.165) is 0 Å². The molecule has 0 aromatic rings. The van der Waals surface area contributed by atoms with Gasteiger partial charge in [-0.15, -0.1) is 0 Å². The highest BCUT2D eigenvalue weighted by atomic mass is 16.4. The standard InChI is InChI=1S/C16H22O6/c17-12(3-1-2-4-15(19)20)7-8-13-11(5-9-14(13)18)6-10-16(21)22/h5,9,11,13H,1-4,6-8,10H2,(H,19,20)(H,21,22). The van der Waals surface area contributed by atoms with Gasteiger partial charge < -0.3 is 10.2 Å². The van der Waals surface area contributed by atoms with E-state index >= 15 is 0 Å². The van der Waals surface area contributed by atoms with E-state index in [2.05, 4.69) is 0 Å². The minimum atomic E-state index is -0.888. The van der Waals surface area contributed by atoms with Gasteiger partial charge in [-0.2, -0.15) is 0 Å². The number of allylic oxidation sites excluding steroid dienone is 2. The highest BCUT2D eigenvalue weighted by Crippen LogP contribution is 2.30. The number of carbonyl (C=O) groups excluding carboxylic acids is 2. The number of unbranched alkanes of at least 4 members (excludes halogenated alkanes) is 1. The molecule has 0 saturated heterocycles. The summed E-state index contributed by atoms with van der Waals surface area (Å²) in [6, 6.07) is 0. The first kappa shape index (κ1) is 18.1. The SMILES string of the molecule is O=C(O)CCCCC(=O)CCC1C(=O)C=CC1CCC(=O)O. The van der Waals surface area contributed by atoms with Crippen molar-refractivity contribution in [1.29, 1.82) is 0 Å². The van der Waals surface area contributed by atoms with Crippen LogP contribution in [0, 0.1) is 11.8 Å². The Bertz CT molecular complexity index is 465. The molecule has 0 radical (unpaired) electrons. The van der Waals surface area contributed by atoms with Crippen LogP contribution in [0.25, 0.3) is 0 Å². The van der Waals surface area contributed by atoms with Gasteiger partial charge >= 0.3 is 11.9 Å². The number of aliphatic carboxylic acids is 2. The molecular weight excluding hydrogens is 288 g/mol. The average Bonchev–Trinajstić information content (AvgIpc) is 2.79. The Labute approximate surface area is 129 Å². The first-order chi connectivity index (χ1) is 10.4. The second-order valence-electron chi connectivity index (χ2n) is 5.64. The van der Waals surface area contributed by atoms with Crippen LogP contribution in [0.3, 0.4) is 0 Å². The lowest BCUT2D eigenvalue weighted by atomic mass is 9.86. The number of hydrogen-bond donors (Lipinski definition) is 2. The molecule has 0 aromatic heterocycles. The van der Waals surface area contributed by atoms with Crippen molar-refractivity contribution in [1.82, 2.24) is 0 Å². The van der Waals surface area contributed by atoms with Crippen LogP contribution in [0.15, 0.2) is 12.2 Å². The zero-order valence-electron chi connectivity index (χ0n) is 12.5. The molecule has 0 fully saturated rings. The Hall–Kier alpha value is -1.98. The molecule has 1 rings (SSSR count). The van der Waals surface area contributed by atoms with Crippen LogP contribution in [-0.2, 0) is 19.2 Å². The third-order valence-electron chi connectivity index (χ3n) is 3.91. The molecule has 0 aliphatic heterocycles. The van der Waals surface area contributed by atoms with E-state index in [4.69, 9.17) is 10.2 Å². The summed E-state index contributed by atoms with van der Waals surface area (Å²) in [5.74, 6) is -2.14. The summed E-state index contributed by atoms with van der Waals surface area (Å²) in [5, 5.41) is 17.2. The summed E-state index contributed by atoms with van der Waals surface area (Å²) < 4.78 is 0. The fraction of sp³-hybridized carbons (Fsp3) is 0.625. The monoisotopic (exact) mass is 310 g/mol. The van der Waals surface area contributed by atoms with Crippen LogP contribution in [0.4, 0.5) is 0 Å². The van der Waals surface area contributed by atoms with E-state index in [1.807, 2.05) is 0 Å². The quantitative estimate of drug-likeness (QED) is 0.566. The van der Waals surface area contributed by atoms with Gasteiger partial charge in [-0.05, 0) is 37.7 Å². The molecular formula is C16H22O6. The van der Waals surface area contributed by atoms with Crippen molar-refractivity contribution in [3.8, 4) is 0 Å². The summed E-state index contributed by atoms with van der Waals surface area (Å²) >= 11 is 0. The van der Waals surface area contributed by atoms with Crippen molar-refractivity contribution in [2.45, 2.75) is 51.4 Å². The van der Waals surface area contributed by atoms with E-state index < -0.39 is 11.9 Å². The molecule has 22 heavy (non-hydrogen) atoms. The van der Waals surface area contributed by atoms with Crippen molar-refractivity contribution in [3.63, 3.8) is 0 Å². The van der Waals surface area contributed by atoms with Gasteiger partial charge in [-0.1, -0.05) is 6.08 Å². The lowest BCUT2D eigenvalue weighted by Gasteiger charge is -2.16. The van der Waals surface area contributed by atoms with Crippen LogP contribution in [-0.4, -0.2) is 33.7 Å². The van der Waals surface area contributed by atoms with Gasteiger partial charge in [0.2, 0.25) is 0 Å². The first-order valence-corrected chi connectivity index (χ1v) is 7.57. The lowest BCUT2D eigenvalue weighted by Crippen LogP contribution is -2.18. The maximum atomic E-state index is 11.8. The number of carbonyl (C=O) groups is 4. The van der Waals surface area contributed by atoms with Gasteiger partial charge in [0.05, 0.1) is 0 Å². The zero-order valence-corrected chi connectivity index (χ0v) is 12.5. The minimum absolute atomic E-state index is 0.0158. The second kappa shape index (κ2) is 9.12. The van der Waals surface area contributed by atoms with Crippen molar-refractivity contribution < 1.29 is 29.4 Å². The van der Waals surface area contributed by atoms with E-state index in [1.165, 1.54) is 6.08 Å². The van der Waals surface area contributed by atoms with Gasteiger partial charge in [0.25, 0.3) is 0 Å². The van der Waals surface area contributed by atoms with Crippen LogP contribution >= 0.6 is 0 Å². The van der Waals surface area contributed by atoms with Gasteiger partial charge in [0.1, 0.15) is 5.78 Å². The lowest BCUT2D eigenvalue weighted by molar-refractivity contribution is -0.138. The third kappa shape index (κ3) is 6.65. The largest absolute Gasteiger partial charge is 0.481 e. The summed E-state index contributed by atoms with van der Waals surface area (Å²) in [7, 11) is 0. The third-order valence-corrected chi connectivity index (χ3v) is 3.91. The van der Waals surface area contributed by atoms with Gasteiger partial charge in [0, 0.05) is 31.6 Å². The molecule has 0 spiro atoms. The smallest absolute Gasteiger partial charge is 0.303 e. The Morgan fingerprint density at radius 2 is 1.55 bits per heavy atom. The average molecular weight is 310 g/mol. The number of Topliss-reactive ketones (excluding diaryl/α,β-unsaturated/α-hetero) is 1. The van der Waals surface area contributed by atoms with Crippen molar-refractivity contribution in [2.24, 2.45) is 11.8 Å². The summed E-state index contributed by atoms with van der Waals surface area (Å²) in [4.78, 5) is 44.5. The second-order valence-corrected chi connectivity index (χ2v) is 5.64. The Morgan fingerprint density at radius 1 is 0.909 bits per heavy atom. The minimum Gasteiger partial charge on any atom is -0.481 e. The van der Waals surface area contributed by atoms with E-state index in [9.17, 15) is 19.2 Å². The molecule has 0 amide bonds. The zero-order chi connectivity index (χ0) is 16.5. The van der Waals surface area contributed by atoms with Gasteiger partial charge in [0.15, 0.2) is 5.78 Å². The fourth-order valence-electron chi connectivity index (χ4n) is 2.67. The summed E-state index contributed by atoms with van der Waals surface area (Å²) in [6.07, 6.45) is 5.80. The number of carboxylic acids is 2. The predicted molar refractivity (Wildman–Crippen MR) is 78.3 cm³/mol. The van der Waals surface area contributed by atoms with Crippen LogP contribution in [0.2, 0.25) is 0 Å².